The Kier molecular flexibility index (Phi) is 9.77. The van der Waals surface area contributed by atoms with E-state index < -0.39 is 33.1 Å². The second-order valence-electron chi connectivity index (χ2n) is 7.85. The first-order valence-electron chi connectivity index (χ1n) is 11.8. The summed E-state index contributed by atoms with van der Waals surface area (Å²) in [6.07, 6.45) is 2.20. The molecule has 0 aliphatic heterocycles. The molecule has 0 unspecified atom stereocenters. The molecular weight excluding hydrogens is 512 g/mol. The van der Waals surface area contributed by atoms with Gasteiger partial charge in [-0.25, -0.2) is 18.1 Å². The van der Waals surface area contributed by atoms with Crippen LogP contribution in [0.25, 0.3) is 0 Å². The standard InChI is InChI=1S/C26H28N4O7S/c1-3-16-37-24-15-14-20(17-25(24)36-4-2)18-27-28-26(31)19-29(22-12-8-9-13-23(22)30(32)33)38(34,35)21-10-6-5-7-11-21/h5-15,17-18H,3-4,16,19H2,1-2H3,(H,28,31)/b27-18-. The van der Waals surface area contributed by atoms with Crippen LogP contribution in [0.2, 0.25) is 0 Å². The van der Waals surface area contributed by atoms with Crippen molar-refractivity contribution in [3.05, 3.63) is 88.5 Å². The Morgan fingerprint density at radius 1 is 1.03 bits per heavy atom. The van der Waals surface area contributed by atoms with Crippen LogP contribution in [0.4, 0.5) is 11.4 Å². The highest BCUT2D eigenvalue weighted by Gasteiger charge is 2.31. The average molecular weight is 541 g/mol. The molecule has 0 heterocycles. The number of benzene rings is 3. The van der Waals surface area contributed by atoms with Gasteiger partial charge in [0.1, 0.15) is 12.2 Å². The summed E-state index contributed by atoms with van der Waals surface area (Å²) < 4.78 is 38.8. The number of carbonyl (C=O) groups is 1. The molecule has 0 atom stereocenters. The summed E-state index contributed by atoms with van der Waals surface area (Å²) >= 11 is 0. The third-order valence-corrected chi connectivity index (χ3v) is 6.87. The normalized spacial score (nSPS) is 11.2. The van der Waals surface area contributed by atoms with Crippen LogP contribution in [0.3, 0.4) is 0 Å². The van der Waals surface area contributed by atoms with E-state index in [1.165, 1.54) is 54.7 Å². The van der Waals surface area contributed by atoms with E-state index in [2.05, 4.69) is 10.5 Å². The predicted molar refractivity (Wildman–Crippen MR) is 143 cm³/mol. The first-order chi connectivity index (χ1) is 18.3. The summed E-state index contributed by atoms with van der Waals surface area (Å²) in [5.41, 5.74) is 2.18. The van der Waals surface area contributed by atoms with E-state index in [0.29, 0.717) is 34.6 Å². The van der Waals surface area contributed by atoms with Crippen LogP contribution in [0.1, 0.15) is 25.8 Å². The van der Waals surface area contributed by atoms with Crippen LogP contribution >= 0.6 is 0 Å². The predicted octanol–water partition coefficient (Wildman–Crippen LogP) is 4.13. The zero-order valence-corrected chi connectivity index (χ0v) is 21.8. The number of nitro groups is 1. The third kappa shape index (κ3) is 7.07. The number of hydrazone groups is 1. The van der Waals surface area contributed by atoms with Gasteiger partial charge in [-0.15, -0.1) is 0 Å². The van der Waals surface area contributed by atoms with Gasteiger partial charge < -0.3 is 9.47 Å². The molecule has 1 N–H and O–H groups in total. The van der Waals surface area contributed by atoms with Crippen molar-refractivity contribution in [1.29, 1.82) is 0 Å². The highest BCUT2D eigenvalue weighted by atomic mass is 32.2. The Hall–Kier alpha value is -4.45. The molecular formula is C26H28N4O7S. The van der Waals surface area contributed by atoms with E-state index in [1.54, 1.807) is 24.3 Å². The molecule has 38 heavy (non-hydrogen) atoms. The number of anilines is 1. The van der Waals surface area contributed by atoms with Crippen LogP contribution in [0, 0.1) is 10.1 Å². The van der Waals surface area contributed by atoms with Gasteiger partial charge in [0.25, 0.3) is 21.6 Å². The summed E-state index contributed by atoms with van der Waals surface area (Å²) in [6, 6.07) is 17.8. The Labute approximate surface area is 220 Å². The maximum Gasteiger partial charge on any atom is 0.293 e. The lowest BCUT2D eigenvalue weighted by molar-refractivity contribution is -0.384. The zero-order valence-electron chi connectivity index (χ0n) is 20.9. The van der Waals surface area contributed by atoms with Crippen LogP contribution < -0.4 is 19.2 Å². The molecule has 3 rings (SSSR count). The molecule has 1 amide bonds. The molecule has 11 nitrogen and oxygen atoms in total. The Morgan fingerprint density at radius 3 is 2.42 bits per heavy atom. The molecule has 0 saturated heterocycles. The van der Waals surface area contributed by atoms with Crippen LogP contribution in [-0.2, 0) is 14.8 Å². The largest absolute Gasteiger partial charge is 0.490 e. The van der Waals surface area contributed by atoms with Crippen molar-refractivity contribution in [3.8, 4) is 11.5 Å². The fourth-order valence-corrected chi connectivity index (χ4v) is 4.85. The number of nitro benzene ring substituents is 1. The van der Waals surface area contributed by atoms with E-state index in [4.69, 9.17) is 9.47 Å². The Morgan fingerprint density at radius 2 is 1.74 bits per heavy atom. The number of carbonyl (C=O) groups excluding carboxylic acids is 1. The number of para-hydroxylation sites is 2. The number of sulfonamides is 1. The molecule has 3 aromatic rings. The van der Waals surface area contributed by atoms with Gasteiger partial charge in [0, 0.05) is 6.07 Å². The summed E-state index contributed by atoms with van der Waals surface area (Å²) in [5.74, 6) is 0.306. The first-order valence-corrected chi connectivity index (χ1v) is 13.2. The van der Waals surface area contributed by atoms with E-state index in [0.717, 1.165) is 6.42 Å². The van der Waals surface area contributed by atoms with Gasteiger partial charge in [-0.3, -0.25) is 14.9 Å². The van der Waals surface area contributed by atoms with Crippen molar-refractivity contribution in [2.75, 3.05) is 24.1 Å². The minimum Gasteiger partial charge on any atom is -0.490 e. The molecule has 0 spiro atoms. The highest BCUT2D eigenvalue weighted by molar-refractivity contribution is 7.92. The lowest BCUT2D eigenvalue weighted by atomic mass is 10.2. The van der Waals surface area contributed by atoms with Crippen molar-refractivity contribution in [2.45, 2.75) is 25.2 Å². The summed E-state index contributed by atoms with van der Waals surface area (Å²) in [7, 11) is -4.32. The van der Waals surface area contributed by atoms with Gasteiger partial charge in [0.2, 0.25) is 0 Å². The fraction of sp³-hybridized carbons (Fsp3) is 0.231. The number of amides is 1. The minimum atomic E-state index is -4.32. The molecule has 0 radical (unpaired) electrons. The number of ether oxygens (including phenoxy) is 2. The van der Waals surface area contributed by atoms with Crippen molar-refractivity contribution >= 4 is 33.5 Å². The molecule has 0 aliphatic carbocycles. The molecule has 0 saturated carbocycles. The highest BCUT2D eigenvalue weighted by Crippen LogP contribution is 2.32. The van der Waals surface area contributed by atoms with Gasteiger partial charge in [-0.05, 0) is 55.3 Å². The van der Waals surface area contributed by atoms with E-state index in [1.807, 2.05) is 13.8 Å². The second-order valence-corrected chi connectivity index (χ2v) is 9.71. The summed E-state index contributed by atoms with van der Waals surface area (Å²) in [4.78, 5) is 23.5. The average Bonchev–Trinajstić information content (AvgIpc) is 2.92. The molecule has 200 valence electrons. The van der Waals surface area contributed by atoms with Gasteiger partial charge in [0.05, 0.1) is 29.2 Å². The number of hydrogen-bond acceptors (Lipinski definition) is 8. The van der Waals surface area contributed by atoms with E-state index in [9.17, 15) is 23.3 Å². The molecule has 0 fully saturated rings. The topological polar surface area (TPSA) is 140 Å². The third-order valence-electron chi connectivity index (χ3n) is 5.10. The molecule has 0 aromatic heterocycles. The number of nitrogens with one attached hydrogen (secondary N) is 1. The van der Waals surface area contributed by atoms with Crippen LogP contribution in [0.15, 0.2) is 82.8 Å². The SMILES string of the molecule is CCCOc1ccc(/C=N\NC(=O)CN(c2ccccc2[N+](=O)[O-])S(=O)(=O)c2ccccc2)cc1OCC. The van der Waals surface area contributed by atoms with Crippen molar-refractivity contribution in [3.63, 3.8) is 0 Å². The maximum absolute atomic E-state index is 13.4. The van der Waals surface area contributed by atoms with Crippen LogP contribution in [0.5, 0.6) is 11.5 Å². The fourth-order valence-electron chi connectivity index (χ4n) is 3.40. The van der Waals surface area contributed by atoms with Gasteiger partial charge in [0.15, 0.2) is 11.5 Å². The van der Waals surface area contributed by atoms with E-state index >= 15 is 0 Å². The van der Waals surface area contributed by atoms with Gasteiger partial charge in [-0.2, -0.15) is 5.10 Å². The Bertz CT molecular complexity index is 1400. The number of hydrogen-bond donors (Lipinski definition) is 1. The van der Waals surface area contributed by atoms with Gasteiger partial charge >= 0.3 is 0 Å². The molecule has 0 bridgehead atoms. The smallest absolute Gasteiger partial charge is 0.293 e. The maximum atomic E-state index is 13.4. The van der Waals surface area contributed by atoms with Crippen LogP contribution in [-0.4, -0.2) is 45.2 Å². The summed E-state index contributed by atoms with van der Waals surface area (Å²) in [5, 5.41) is 15.5. The van der Waals surface area contributed by atoms with Crippen molar-refractivity contribution in [2.24, 2.45) is 5.10 Å². The first kappa shape index (κ1) is 28.1. The number of nitrogens with zero attached hydrogens (tertiary/aromatic N) is 3. The van der Waals surface area contributed by atoms with Crippen molar-refractivity contribution < 1.29 is 27.6 Å². The molecule has 12 heteroatoms. The Balaban J connectivity index is 1.84. The minimum absolute atomic E-state index is 0.122. The lowest BCUT2D eigenvalue weighted by Gasteiger charge is -2.23. The lowest BCUT2D eigenvalue weighted by Crippen LogP contribution is -2.39. The van der Waals surface area contributed by atoms with Gasteiger partial charge in [-0.1, -0.05) is 37.3 Å². The molecule has 0 aliphatic rings. The molecule has 3 aromatic carbocycles. The quantitative estimate of drug-likeness (QED) is 0.195. The monoisotopic (exact) mass is 540 g/mol. The zero-order chi connectivity index (χ0) is 27.5. The van der Waals surface area contributed by atoms with Crippen molar-refractivity contribution in [1.82, 2.24) is 5.43 Å². The van der Waals surface area contributed by atoms with E-state index in [-0.39, 0.29) is 10.6 Å². The second kappa shape index (κ2) is 13.2. The number of rotatable bonds is 13. The summed E-state index contributed by atoms with van der Waals surface area (Å²) in [6.45, 7) is 4.05.